The number of rotatable bonds is 4. The van der Waals surface area contributed by atoms with Gasteiger partial charge < -0.3 is 15.4 Å². The van der Waals surface area contributed by atoms with Gasteiger partial charge in [-0.05, 0) is 54.7 Å². The van der Waals surface area contributed by atoms with Gasteiger partial charge in [0.1, 0.15) is 6.10 Å². The van der Waals surface area contributed by atoms with Crippen LogP contribution in [0.5, 0.6) is 0 Å². The van der Waals surface area contributed by atoms with E-state index in [1.807, 2.05) is 18.2 Å². The lowest BCUT2D eigenvalue weighted by Gasteiger charge is -2.37. The van der Waals surface area contributed by atoms with E-state index in [0.717, 1.165) is 36.8 Å². The number of halogens is 1. The molecule has 1 heterocycles. The van der Waals surface area contributed by atoms with Crippen molar-refractivity contribution in [2.24, 2.45) is 0 Å². The molecule has 29 heavy (non-hydrogen) atoms. The molecular weight excluding hydrogens is 388 g/mol. The number of hydrogen-bond acceptors (Lipinski definition) is 3. The largest absolute Gasteiger partial charge is 0.483 e. The standard InChI is InChI=1S/C23H23ClN2O3/c24-18-6-2-1-5-17(18)14-25-22(27)16-11-9-15(10-12-16)13-21-23(28)26-19-7-3-4-8-20(19)29-21/h1-2,5-6,9-13,19-20H,3-4,7-8,14H2,(H,25,27)(H,26,28)/b21-13-. The molecule has 6 heteroatoms. The molecule has 150 valence electrons. The molecular formula is C23H23ClN2O3. The molecule has 2 N–H and O–H groups in total. The van der Waals surface area contributed by atoms with Crippen LogP contribution in [-0.4, -0.2) is 24.0 Å². The van der Waals surface area contributed by atoms with Crippen LogP contribution in [0.4, 0.5) is 0 Å². The summed E-state index contributed by atoms with van der Waals surface area (Å²) in [5.74, 6) is -0.0142. The highest BCUT2D eigenvalue weighted by Gasteiger charge is 2.34. The second-order valence-electron chi connectivity index (χ2n) is 7.43. The van der Waals surface area contributed by atoms with Crippen molar-refractivity contribution in [1.29, 1.82) is 0 Å². The normalized spacial score (nSPS) is 22.4. The van der Waals surface area contributed by atoms with Crippen molar-refractivity contribution in [3.8, 4) is 0 Å². The summed E-state index contributed by atoms with van der Waals surface area (Å²) >= 11 is 6.12. The average Bonchev–Trinajstić information content (AvgIpc) is 2.74. The van der Waals surface area contributed by atoms with Gasteiger partial charge in [-0.2, -0.15) is 0 Å². The average molecular weight is 411 g/mol. The van der Waals surface area contributed by atoms with Crippen molar-refractivity contribution in [3.05, 3.63) is 76.0 Å². The molecule has 1 aliphatic carbocycles. The van der Waals surface area contributed by atoms with Gasteiger partial charge in [-0.1, -0.05) is 48.4 Å². The van der Waals surface area contributed by atoms with Gasteiger partial charge in [-0.3, -0.25) is 9.59 Å². The maximum absolute atomic E-state index is 12.4. The Balaban J connectivity index is 1.39. The molecule has 0 spiro atoms. The van der Waals surface area contributed by atoms with Crippen molar-refractivity contribution in [2.45, 2.75) is 44.4 Å². The number of nitrogens with one attached hydrogen (secondary N) is 2. The van der Waals surface area contributed by atoms with Crippen molar-refractivity contribution >= 4 is 29.5 Å². The van der Waals surface area contributed by atoms with Crippen LogP contribution in [0.15, 0.2) is 54.3 Å². The molecule has 2 atom stereocenters. The van der Waals surface area contributed by atoms with Gasteiger partial charge >= 0.3 is 0 Å². The Hall–Kier alpha value is -2.79. The van der Waals surface area contributed by atoms with Gasteiger partial charge in [-0.15, -0.1) is 0 Å². The molecule has 2 aromatic carbocycles. The summed E-state index contributed by atoms with van der Waals surface area (Å²) in [7, 11) is 0. The third-order valence-electron chi connectivity index (χ3n) is 5.39. The number of hydrogen-bond donors (Lipinski definition) is 2. The summed E-state index contributed by atoms with van der Waals surface area (Å²) in [5, 5.41) is 6.54. The molecule has 0 radical (unpaired) electrons. The molecule has 5 nitrogen and oxygen atoms in total. The fraction of sp³-hybridized carbons (Fsp3) is 0.304. The topological polar surface area (TPSA) is 67.4 Å². The molecule has 1 saturated carbocycles. The number of fused-ring (bicyclic) bond motifs is 1. The predicted molar refractivity (Wildman–Crippen MR) is 112 cm³/mol. The van der Waals surface area contributed by atoms with E-state index in [0.29, 0.717) is 22.9 Å². The Morgan fingerprint density at radius 2 is 1.90 bits per heavy atom. The van der Waals surface area contributed by atoms with Crippen LogP contribution < -0.4 is 10.6 Å². The van der Waals surface area contributed by atoms with Crippen LogP contribution in [0.25, 0.3) is 6.08 Å². The van der Waals surface area contributed by atoms with E-state index in [1.165, 1.54) is 0 Å². The predicted octanol–water partition coefficient (Wildman–Crippen LogP) is 4.07. The molecule has 1 saturated heterocycles. The first-order chi connectivity index (χ1) is 14.1. The molecule has 0 bridgehead atoms. The zero-order chi connectivity index (χ0) is 20.2. The zero-order valence-electron chi connectivity index (χ0n) is 16.0. The molecule has 0 aromatic heterocycles. The molecule has 2 aromatic rings. The van der Waals surface area contributed by atoms with Gasteiger partial charge in [0.05, 0.1) is 6.04 Å². The van der Waals surface area contributed by atoms with Crippen LogP contribution in [0.1, 0.15) is 47.2 Å². The smallest absolute Gasteiger partial charge is 0.286 e. The molecule has 2 unspecified atom stereocenters. The summed E-state index contributed by atoms with van der Waals surface area (Å²) in [6.45, 7) is 0.362. The SMILES string of the molecule is O=C1NC2CCCCC2O/C1=C\c1ccc(C(=O)NCc2ccccc2Cl)cc1. The summed E-state index contributed by atoms with van der Waals surface area (Å²) in [6.07, 6.45) is 5.98. The minimum absolute atomic E-state index is 0.0579. The highest BCUT2D eigenvalue weighted by Crippen LogP contribution is 2.27. The van der Waals surface area contributed by atoms with Gasteiger partial charge in [0.2, 0.25) is 0 Å². The maximum Gasteiger partial charge on any atom is 0.286 e. The van der Waals surface area contributed by atoms with Crippen LogP contribution in [0, 0.1) is 0 Å². The van der Waals surface area contributed by atoms with Gasteiger partial charge in [0.15, 0.2) is 5.76 Å². The lowest BCUT2D eigenvalue weighted by molar-refractivity contribution is -0.129. The van der Waals surface area contributed by atoms with E-state index >= 15 is 0 Å². The monoisotopic (exact) mass is 410 g/mol. The Kier molecular flexibility index (Phi) is 5.86. The minimum Gasteiger partial charge on any atom is -0.483 e. The first-order valence-corrected chi connectivity index (χ1v) is 10.3. The number of ether oxygens (including phenoxy) is 1. The Bertz CT molecular complexity index is 939. The first kappa shape index (κ1) is 19.5. The Morgan fingerprint density at radius 3 is 2.69 bits per heavy atom. The number of carbonyl (C=O) groups is 2. The van der Waals surface area contributed by atoms with Crippen molar-refractivity contribution in [2.75, 3.05) is 0 Å². The number of amides is 2. The van der Waals surface area contributed by atoms with Crippen LogP contribution >= 0.6 is 11.6 Å². The molecule has 2 amide bonds. The highest BCUT2D eigenvalue weighted by molar-refractivity contribution is 6.31. The van der Waals surface area contributed by atoms with E-state index < -0.39 is 0 Å². The van der Waals surface area contributed by atoms with E-state index in [1.54, 1.807) is 36.4 Å². The van der Waals surface area contributed by atoms with E-state index in [2.05, 4.69) is 10.6 Å². The number of benzene rings is 2. The van der Waals surface area contributed by atoms with E-state index in [9.17, 15) is 9.59 Å². The second-order valence-corrected chi connectivity index (χ2v) is 7.83. The lowest BCUT2D eigenvalue weighted by atomic mass is 9.91. The minimum atomic E-state index is -0.180. The van der Waals surface area contributed by atoms with Crippen molar-refractivity contribution < 1.29 is 14.3 Å². The molecule has 4 rings (SSSR count). The van der Waals surface area contributed by atoms with Crippen molar-refractivity contribution in [3.63, 3.8) is 0 Å². The van der Waals surface area contributed by atoms with Crippen LogP contribution in [0.3, 0.4) is 0 Å². The maximum atomic E-state index is 12.4. The third kappa shape index (κ3) is 4.62. The quantitative estimate of drug-likeness (QED) is 0.746. The first-order valence-electron chi connectivity index (χ1n) is 9.91. The third-order valence-corrected chi connectivity index (χ3v) is 5.76. The van der Waals surface area contributed by atoms with Crippen LogP contribution in [0.2, 0.25) is 5.02 Å². The fourth-order valence-electron chi connectivity index (χ4n) is 3.76. The van der Waals surface area contributed by atoms with Crippen molar-refractivity contribution in [1.82, 2.24) is 10.6 Å². The Morgan fingerprint density at radius 1 is 1.14 bits per heavy atom. The van der Waals surface area contributed by atoms with Gasteiger partial charge in [0.25, 0.3) is 11.8 Å². The fourth-order valence-corrected chi connectivity index (χ4v) is 3.96. The van der Waals surface area contributed by atoms with Crippen LogP contribution in [-0.2, 0) is 16.1 Å². The Labute approximate surface area is 175 Å². The molecule has 1 aliphatic heterocycles. The molecule has 2 fully saturated rings. The summed E-state index contributed by atoms with van der Waals surface area (Å²) in [5.41, 5.74) is 2.22. The van der Waals surface area contributed by atoms with Gasteiger partial charge in [0, 0.05) is 17.1 Å². The van der Waals surface area contributed by atoms with E-state index in [-0.39, 0.29) is 24.0 Å². The molecule has 2 aliphatic rings. The summed E-state index contributed by atoms with van der Waals surface area (Å²) < 4.78 is 5.94. The highest BCUT2D eigenvalue weighted by atomic mass is 35.5. The number of morpholine rings is 1. The number of carbonyl (C=O) groups excluding carboxylic acids is 2. The van der Waals surface area contributed by atoms with E-state index in [4.69, 9.17) is 16.3 Å². The zero-order valence-corrected chi connectivity index (χ0v) is 16.7. The summed E-state index contributed by atoms with van der Waals surface area (Å²) in [4.78, 5) is 24.7. The van der Waals surface area contributed by atoms with Gasteiger partial charge in [-0.25, -0.2) is 0 Å². The summed E-state index contributed by atoms with van der Waals surface area (Å²) in [6, 6.07) is 14.6. The lowest BCUT2D eigenvalue weighted by Crippen LogP contribution is -2.51. The second kappa shape index (κ2) is 8.70.